The van der Waals surface area contributed by atoms with Crippen LogP contribution in [-0.2, 0) is 4.79 Å². The lowest BCUT2D eigenvalue weighted by atomic mass is 10.1. The maximum Gasteiger partial charge on any atom is 0.255 e. The number of amides is 1. The zero-order chi connectivity index (χ0) is 11.5. The second kappa shape index (κ2) is 4.31. The molecular formula is C13H13NO2. The van der Waals surface area contributed by atoms with Crippen molar-refractivity contribution in [2.45, 2.75) is 13.3 Å². The van der Waals surface area contributed by atoms with Crippen LogP contribution in [0.15, 0.2) is 29.8 Å². The summed E-state index contributed by atoms with van der Waals surface area (Å²) < 4.78 is 0. The molecule has 1 aliphatic rings. The fourth-order valence-electron chi connectivity index (χ4n) is 1.70. The molecule has 2 rings (SSSR count). The molecule has 16 heavy (non-hydrogen) atoms. The predicted octanol–water partition coefficient (Wildman–Crippen LogP) is 1.79. The minimum Gasteiger partial charge on any atom is -0.352 e. The Bertz CT molecular complexity index is 475. The molecule has 0 saturated heterocycles. The van der Waals surface area contributed by atoms with Crippen LogP contribution in [0.5, 0.6) is 0 Å². The van der Waals surface area contributed by atoms with Crippen LogP contribution >= 0.6 is 0 Å². The fraction of sp³-hybridized carbons (Fsp3) is 0.231. The fourth-order valence-corrected chi connectivity index (χ4v) is 1.70. The SMILES string of the molecule is CCCNC(=O)C1=Cc2ccccc2C1=O. The molecule has 0 unspecified atom stereocenters. The molecule has 1 aromatic rings. The predicted molar refractivity (Wildman–Crippen MR) is 62.1 cm³/mol. The number of fused-ring (bicyclic) bond motifs is 1. The zero-order valence-electron chi connectivity index (χ0n) is 9.12. The van der Waals surface area contributed by atoms with Crippen molar-refractivity contribution < 1.29 is 9.59 Å². The minimum absolute atomic E-state index is 0.177. The van der Waals surface area contributed by atoms with E-state index in [9.17, 15) is 9.59 Å². The number of carbonyl (C=O) groups is 2. The number of carbonyl (C=O) groups excluding carboxylic acids is 2. The lowest BCUT2D eigenvalue weighted by Crippen LogP contribution is -2.27. The molecule has 3 nitrogen and oxygen atoms in total. The van der Waals surface area contributed by atoms with Gasteiger partial charge >= 0.3 is 0 Å². The monoisotopic (exact) mass is 215 g/mol. The van der Waals surface area contributed by atoms with Gasteiger partial charge < -0.3 is 5.32 Å². The highest BCUT2D eigenvalue weighted by Gasteiger charge is 2.26. The van der Waals surface area contributed by atoms with Crippen LogP contribution in [0, 0.1) is 0 Å². The average molecular weight is 215 g/mol. The van der Waals surface area contributed by atoms with Gasteiger partial charge in [-0.2, -0.15) is 0 Å². The third-order valence-electron chi connectivity index (χ3n) is 2.53. The first-order valence-electron chi connectivity index (χ1n) is 5.37. The topological polar surface area (TPSA) is 46.2 Å². The number of Topliss-reactive ketones (excluding diaryl/α,β-unsaturated/α-hetero) is 1. The molecule has 0 bridgehead atoms. The maximum absolute atomic E-state index is 11.9. The van der Waals surface area contributed by atoms with E-state index in [1.54, 1.807) is 18.2 Å². The Kier molecular flexibility index (Phi) is 2.86. The highest BCUT2D eigenvalue weighted by atomic mass is 16.2. The van der Waals surface area contributed by atoms with E-state index >= 15 is 0 Å². The highest BCUT2D eigenvalue weighted by Crippen LogP contribution is 2.24. The van der Waals surface area contributed by atoms with E-state index < -0.39 is 0 Å². The zero-order valence-corrected chi connectivity index (χ0v) is 9.12. The second-order valence-corrected chi connectivity index (χ2v) is 3.73. The van der Waals surface area contributed by atoms with E-state index in [-0.39, 0.29) is 17.3 Å². The maximum atomic E-state index is 11.9. The molecular weight excluding hydrogens is 202 g/mol. The molecule has 0 saturated carbocycles. The highest BCUT2D eigenvalue weighted by molar-refractivity contribution is 6.32. The van der Waals surface area contributed by atoms with E-state index in [1.165, 1.54) is 0 Å². The van der Waals surface area contributed by atoms with Crippen LogP contribution in [0.1, 0.15) is 29.3 Å². The summed E-state index contributed by atoms with van der Waals surface area (Å²) in [5.41, 5.74) is 1.69. The standard InChI is InChI=1S/C13H13NO2/c1-2-7-14-13(16)11-8-9-5-3-4-6-10(9)12(11)15/h3-6,8H,2,7H2,1H3,(H,14,16). The van der Waals surface area contributed by atoms with Gasteiger partial charge in [-0.05, 0) is 18.1 Å². The smallest absolute Gasteiger partial charge is 0.255 e. The van der Waals surface area contributed by atoms with Gasteiger partial charge in [0.25, 0.3) is 5.91 Å². The molecule has 3 heteroatoms. The van der Waals surface area contributed by atoms with E-state index in [0.717, 1.165) is 12.0 Å². The first-order valence-corrected chi connectivity index (χ1v) is 5.37. The van der Waals surface area contributed by atoms with E-state index in [4.69, 9.17) is 0 Å². The first kappa shape index (κ1) is 10.6. The summed E-state index contributed by atoms with van der Waals surface area (Å²) in [6.45, 7) is 2.57. The molecule has 0 aromatic heterocycles. The Morgan fingerprint density at radius 1 is 1.31 bits per heavy atom. The van der Waals surface area contributed by atoms with Crippen LogP contribution in [0.2, 0.25) is 0 Å². The molecule has 0 fully saturated rings. The minimum atomic E-state index is -0.275. The molecule has 1 N–H and O–H groups in total. The summed E-state index contributed by atoms with van der Waals surface area (Å²) in [6.07, 6.45) is 2.52. The molecule has 1 amide bonds. The van der Waals surface area contributed by atoms with Crippen LogP contribution in [-0.4, -0.2) is 18.2 Å². The third-order valence-corrected chi connectivity index (χ3v) is 2.53. The average Bonchev–Trinajstić information content (AvgIpc) is 2.64. The van der Waals surface area contributed by atoms with Crippen molar-refractivity contribution >= 4 is 17.8 Å². The van der Waals surface area contributed by atoms with Gasteiger partial charge in [0.2, 0.25) is 0 Å². The molecule has 0 spiro atoms. The van der Waals surface area contributed by atoms with Crippen LogP contribution in [0.4, 0.5) is 0 Å². The number of ketones is 1. The van der Waals surface area contributed by atoms with Gasteiger partial charge in [-0.15, -0.1) is 0 Å². The molecule has 0 heterocycles. The van der Waals surface area contributed by atoms with Gasteiger partial charge in [-0.1, -0.05) is 31.2 Å². The Balaban J connectivity index is 2.22. The second-order valence-electron chi connectivity index (χ2n) is 3.73. The van der Waals surface area contributed by atoms with E-state index in [0.29, 0.717) is 12.1 Å². The number of hydrogen-bond acceptors (Lipinski definition) is 2. The molecule has 0 aliphatic heterocycles. The normalized spacial score (nSPS) is 13.3. The number of benzene rings is 1. The van der Waals surface area contributed by atoms with Gasteiger partial charge in [0.05, 0.1) is 5.57 Å². The first-order chi connectivity index (χ1) is 7.74. The van der Waals surface area contributed by atoms with Crippen molar-refractivity contribution in [3.05, 3.63) is 41.0 Å². The summed E-state index contributed by atoms with van der Waals surface area (Å²) in [5, 5.41) is 2.71. The van der Waals surface area contributed by atoms with E-state index in [1.807, 2.05) is 19.1 Å². The molecule has 0 atom stereocenters. The Hall–Kier alpha value is -1.90. The third kappa shape index (κ3) is 1.76. The quantitative estimate of drug-likeness (QED) is 0.781. The summed E-state index contributed by atoms with van der Waals surface area (Å²) in [5.74, 6) is -0.452. The van der Waals surface area contributed by atoms with Gasteiger partial charge in [0, 0.05) is 12.1 Å². The van der Waals surface area contributed by atoms with Gasteiger partial charge in [0.15, 0.2) is 5.78 Å². The van der Waals surface area contributed by atoms with Crippen molar-refractivity contribution in [3.8, 4) is 0 Å². The molecule has 82 valence electrons. The summed E-state index contributed by atoms with van der Waals surface area (Å²) in [6, 6.07) is 7.24. The molecule has 0 radical (unpaired) electrons. The van der Waals surface area contributed by atoms with Gasteiger partial charge in [-0.3, -0.25) is 9.59 Å². The lowest BCUT2D eigenvalue weighted by Gasteiger charge is -2.02. The van der Waals surface area contributed by atoms with Crippen molar-refractivity contribution in [2.75, 3.05) is 6.54 Å². The van der Waals surface area contributed by atoms with Crippen molar-refractivity contribution in [3.63, 3.8) is 0 Å². The molecule has 1 aromatic carbocycles. The van der Waals surface area contributed by atoms with Crippen LogP contribution in [0.3, 0.4) is 0 Å². The molecule has 1 aliphatic carbocycles. The number of rotatable bonds is 3. The Labute approximate surface area is 94.2 Å². The summed E-state index contributed by atoms with van der Waals surface area (Å²) in [7, 11) is 0. The summed E-state index contributed by atoms with van der Waals surface area (Å²) in [4.78, 5) is 23.6. The lowest BCUT2D eigenvalue weighted by molar-refractivity contribution is -0.117. The van der Waals surface area contributed by atoms with Crippen molar-refractivity contribution in [1.29, 1.82) is 0 Å². The number of hydrogen-bond donors (Lipinski definition) is 1. The van der Waals surface area contributed by atoms with Crippen LogP contribution in [0.25, 0.3) is 6.08 Å². The Morgan fingerprint density at radius 3 is 2.75 bits per heavy atom. The van der Waals surface area contributed by atoms with Crippen molar-refractivity contribution in [2.24, 2.45) is 0 Å². The van der Waals surface area contributed by atoms with Gasteiger partial charge in [-0.25, -0.2) is 0 Å². The Morgan fingerprint density at radius 2 is 2.06 bits per heavy atom. The van der Waals surface area contributed by atoms with E-state index in [2.05, 4.69) is 5.32 Å². The largest absolute Gasteiger partial charge is 0.352 e. The van der Waals surface area contributed by atoms with Gasteiger partial charge in [0.1, 0.15) is 0 Å². The summed E-state index contributed by atoms with van der Waals surface area (Å²) >= 11 is 0. The van der Waals surface area contributed by atoms with Crippen LogP contribution < -0.4 is 5.32 Å². The van der Waals surface area contributed by atoms with Crippen molar-refractivity contribution in [1.82, 2.24) is 5.32 Å². The number of nitrogens with one attached hydrogen (secondary N) is 1.